The predicted molar refractivity (Wildman–Crippen MR) is 58.2 cm³/mol. The zero-order chi connectivity index (χ0) is 11.9. The Labute approximate surface area is 90.7 Å². The van der Waals surface area contributed by atoms with Crippen molar-refractivity contribution in [2.24, 2.45) is 5.73 Å². The molecule has 15 heavy (non-hydrogen) atoms. The molecule has 0 aliphatic heterocycles. The molecule has 0 radical (unpaired) electrons. The molecule has 0 saturated carbocycles. The van der Waals surface area contributed by atoms with Crippen molar-refractivity contribution in [2.75, 3.05) is 13.2 Å². The number of carbonyl (C=O) groups is 1. The van der Waals surface area contributed by atoms with Gasteiger partial charge in [-0.05, 0) is 13.3 Å². The van der Waals surface area contributed by atoms with Gasteiger partial charge in [0.25, 0.3) is 0 Å². The predicted octanol–water partition coefficient (Wildman–Crippen LogP) is -0.637. The fourth-order valence-electron chi connectivity index (χ4n) is 1.02. The Balaban J connectivity index is 3.82. The Hall–Kier alpha value is -0.650. The standard InChI is InChI=1S/C10H22N2O3/c1-3-4-5-8(11)9(14)12-6-10(2,15)7-13/h8,13,15H,3-7,11H2,1-2H3,(H,12,14)/t8-,10?/m0/s1. The highest BCUT2D eigenvalue weighted by atomic mass is 16.3. The van der Waals surface area contributed by atoms with Crippen LogP contribution in [0.2, 0.25) is 0 Å². The summed E-state index contributed by atoms with van der Waals surface area (Å²) in [5, 5.41) is 20.7. The molecule has 0 rings (SSSR count). The van der Waals surface area contributed by atoms with Gasteiger partial charge in [0.15, 0.2) is 0 Å². The van der Waals surface area contributed by atoms with Crippen molar-refractivity contribution in [3.05, 3.63) is 0 Å². The lowest BCUT2D eigenvalue weighted by Crippen LogP contribution is -2.48. The zero-order valence-electron chi connectivity index (χ0n) is 9.49. The third kappa shape index (κ3) is 6.43. The molecule has 0 saturated heterocycles. The Kier molecular flexibility index (Phi) is 6.47. The van der Waals surface area contributed by atoms with E-state index in [1.165, 1.54) is 6.92 Å². The van der Waals surface area contributed by atoms with Crippen LogP contribution in [0, 0.1) is 0 Å². The molecular weight excluding hydrogens is 196 g/mol. The van der Waals surface area contributed by atoms with Crippen LogP contribution in [0.25, 0.3) is 0 Å². The Morgan fingerprint density at radius 3 is 2.67 bits per heavy atom. The molecule has 2 atom stereocenters. The third-order valence-corrected chi connectivity index (χ3v) is 2.19. The fraction of sp³-hybridized carbons (Fsp3) is 0.900. The number of amides is 1. The number of aliphatic hydroxyl groups is 2. The van der Waals surface area contributed by atoms with E-state index in [2.05, 4.69) is 5.32 Å². The van der Waals surface area contributed by atoms with Crippen LogP contribution in [0.4, 0.5) is 0 Å². The van der Waals surface area contributed by atoms with Crippen LogP contribution in [0.5, 0.6) is 0 Å². The quantitative estimate of drug-likeness (QED) is 0.457. The molecule has 5 heteroatoms. The summed E-state index contributed by atoms with van der Waals surface area (Å²) in [6.07, 6.45) is 2.55. The molecule has 90 valence electrons. The van der Waals surface area contributed by atoms with Crippen LogP contribution in [-0.4, -0.2) is 40.9 Å². The number of hydrogen-bond donors (Lipinski definition) is 4. The monoisotopic (exact) mass is 218 g/mol. The molecule has 0 bridgehead atoms. The number of nitrogens with one attached hydrogen (secondary N) is 1. The summed E-state index contributed by atoms with van der Waals surface area (Å²) < 4.78 is 0. The first-order chi connectivity index (χ1) is 6.93. The Bertz CT molecular complexity index is 195. The average Bonchev–Trinajstić information content (AvgIpc) is 2.22. The molecule has 0 spiro atoms. The van der Waals surface area contributed by atoms with Gasteiger partial charge in [-0.2, -0.15) is 0 Å². The van der Waals surface area contributed by atoms with E-state index in [1.54, 1.807) is 0 Å². The number of hydrogen-bond acceptors (Lipinski definition) is 4. The van der Waals surface area contributed by atoms with Gasteiger partial charge in [0.05, 0.1) is 12.6 Å². The van der Waals surface area contributed by atoms with Gasteiger partial charge in [-0.3, -0.25) is 4.79 Å². The first-order valence-corrected chi connectivity index (χ1v) is 5.29. The largest absolute Gasteiger partial charge is 0.393 e. The van der Waals surface area contributed by atoms with Gasteiger partial charge in [-0.25, -0.2) is 0 Å². The summed E-state index contributed by atoms with van der Waals surface area (Å²) in [6.45, 7) is 3.10. The van der Waals surface area contributed by atoms with Gasteiger partial charge in [-0.1, -0.05) is 19.8 Å². The van der Waals surface area contributed by atoms with E-state index in [9.17, 15) is 9.90 Å². The third-order valence-electron chi connectivity index (χ3n) is 2.19. The van der Waals surface area contributed by atoms with E-state index >= 15 is 0 Å². The van der Waals surface area contributed by atoms with Crippen LogP contribution >= 0.6 is 0 Å². The zero-order valence-corrected chi connectivity index (χ0v) is 9.49. The number of rotatable bonds is 7. The summed E-state index contributed by atoms with van der Waals surface area (Å²) in [5.41, 5.74) is 4.34. The van der Waals surface area contributed by atoms with Crippen LogP contribution < -0.4 is 11.1 Å². The fourth-order valence-corrected chi connectivity index (χ4v) is 1.02. The maximum absolute atomic E-state index is 11.4. The lowest BCUT2D eigenvalue weighted by molar-refractivity contribution is -0.124. The van der Waals surface area contributed by atoms with Gasteiger partial charge in [0.2, 0.25) is 5.91 Å². The molecule has 0 aliphatic rings. The molecule has 0 aromatic heterocycles. The maximum Gasteiger partial charge on any atom is 0.237 e. The lowest BCUT2D eigenvalue weighted by atomic mass is 10.1. The van der Waals surface area contributed by atoms with Gasteiger partial charge >= 0.3 is 0 Å². The number of aliphatic hydroxyl groups excluding tert-OH is 1. The first-order valence-electron chi connectivity index (χ1n) is 5.29. The van der Waals surface area contributed by atoms with Crippen molar-refractivity contribution in [3.8, 4) is 0 Å². The summed E-state index contributed by atoms with van der Waals surface area (Å²) in [4.78, 5) is 11.4. The molecule has 1 amide bonds. The summed E-state index contributed by atoms with van der Waals surface area (Å²) in [6, 6.07) is -0.528. The van der Waals surface area contributed by atoms with E-state index < -0.39 is 18.2 Å². The number of carbonyl (C=O) groups excluding carboxylic acids is 1. The molecule has 0 aromatic rings. The minimum atomic E-state index is -1.28. The van der Waals surface area contributed by atoms with Crippen molar-refractivity contribution in [1.29, 1.82) is 0 Å². The van der Waals surface area contributed by atoms with Crippen molar-refractivity contribution in [3.63, 3.8) is 0 Å². The van der Waals surface area contributed by atoms with Gasteiger partial charge < -0.3 is 21.3 Å². The highest BCUT2D eigenvalue weighted by molar-refractivity contribution is 5.81. The van der Waals surface area contributed by atoms with Crippen molar-refractivity contribution < 1.29 is 15.0 Å². The molecule has 0 heterocycles. The van der Waals surface area contributed by atoms with Crippen LogP contribution in [0.15, 0.2) is 0 Å². The molecular formula is C10H22N2O3. The lowest BCUT2D eigenvalue weighted by Gasteiger charge is -2.21. The van der Waals surface area contributed by atoms with Crippen LogP contribution in [0.1, 0.15) is 33.1 Å². The second-order valence-corrected chi connectivity index (χ2v) is 4.12. The maximum atomic E-state index is 11.4. The smallest absolute Gasteiger partial charge is 0.237 e. The van der Waals surface area contributed by atoms with E-state index in [0.29, 0.717) is 6.42 Å². The molecule has 5 N–H and O–H groups in total. The van der Waals surface area contributed by atoms with Crippen LogP contribution in [0.3, 0.4) is 0 Å². The number of unbranched alkanes of at least 4 members (excludes halogenated alkanes) is 1. The summed E-state index contributed by atoms with van der Waals surface area (Å²) in [5.74, 6) is -0.280. The SMILES string of the molecule is CCCC[C@H](N)C(=O)NCC(C)(O)CO. The highest BCUT2D eigenvalue weighted by Gasteiger charge is 2.21. The van der Waals surface area contributed by atoms with Crippen molar-refractivity contribution in [1.82, 2.24) is 5.32 Å². The molecule has 0 fully saturated rings. The van der Waals surface area contributed by atoms with E-state index in [4.69, 9.17) is 10.8 Å². The summed E-state index contributed by atoms with van der Waals surface area (Å²) in [7, 11) is 0. The molecule has 5 nitrogen and oxygen atoms in total. The minimum Gasteiger partial charge on any atom is -0.393 e. The van der Waals surface area contributed by atoms with Crippen molar-refractivity contribution in [2.45, 2.75) is 44.8 Å². The minimum absolute atomic E-state index is 0.0160. The Morgan fingerprint density at radius 2 is 2.20 bits per heavy atom. The topological polar surface area (TPSA) is 95.6 Å². The van der Waals surface area contributed by atoms with Crippen LogP contribution in [-0.2, 0) is 4.79 Å². The molecule has 0 aliphatic carbocycles. The van der Waals surface area contributed by atoms with Gasteiger partial charge in [-0.15, -0.1) is 0 Å². The van der Waals surface area contributed by atoms with E-state index in [-0.39, 0.29) is 12.5 Å². The summed E-state index contributed by atoms with van der Waals surface area (Å²) >= 11 is 0. The van der Waals surface area contributed by atoms with Gasteiger partial charge in [0, 0.05) is 6.54 Å². The van der Waals surface area contributed by atoms with Gasteiger partial charge in [0.1, 0.15) is 5.60 Å². The second-order valence-electron chi connectivity index (χ2n) is 4.12. The Morgan fingerprint density at radius 1 is 1.60 bits per heavy atom. The number of nitrogens with two attached hydrogens (primary N) is 1. The van der Waals surface area contributed by atoms with E-state index in [0.717, 1.165) is 12.8 Å². The molecule has 0 aromatic carbocycles. The average molecular weight is 218 g/mol. The van der Waals surface area contributed by atoms with Crippen molar-refractivity contribution >= 4 is 5.91 Å². The van der Waals surface area contributed by atoms with E-state index in [1.807, 2.05) is 6.92 Å². The second kappa shape index (κ2) is 6.76. The first kappa shape index (κ1) is 14.3. The normalized spacial score (nSPS) is 16.9. The highest BCUT2D eigenvalue weighted by Crippen LogP contribution is 2.01. The molecule has 1 unspecified atom stereocenters.